The van der Waals surface area contributed by atoms with Crippen LogP contribution in [0.5, 0.6) is 0 Å². The zero-order valence-electron chi connectivity index (χ0n) is 12.8. The molecule has 0 atom stereocenters. The van der Waals surface area contributed by atoms with Crippen molar-refractivity contribution in [2.45, 2.75) is 46.5 Å². The first-order valence-electron chi connectivity index (χ1n) is 7.47. The molecule has 1 amide bonds. The zero-order valence-corrected chi connectivity index (χ0v) is 12.8. The molecule has 5 heteroatoms. The number of nitrogens with one attached hydrogen (secondary N) is 2. The van der Waals surface area contributed by atoms with Crippen LogP contribution in [0.2, 0.25) is 0 Å². The minimum atomic E-state index is -0.102. The Labute approximate surface area is 121 Å². The number of amides is 1. The van der Waals surface area contributed by atoms with E-state index in [9.17, 15) is 4.79 Å². The predicted molar refractivity (Wildman–Crippen MR) is 81.8 cm³/mol. The third kappa shape index (κ3) is 6.50. The van der Waals surface area contributed by atoms with Crippen molar-refractivity contribution in [3.8, 4) is 0 Å². The molecule has 0 saturated carbocycles. The molecule has 0 unspecified atom stereocenters. The Hall–Kier alpha value is -1.65. The number of hydrogen-bond acceptors (Lipinski definition) is 4. The standard InChI is InChI=1S/C15H26N4O/c1-4-5-6-8-16-14(20)13-10-18-15(19-11-13)17-9-7-12(2)3/h10-12H,4-9H2,1-3H3,(H,16,20)(H,17,18,19). The van der Waals surface area contributed by atoms with Crippen LogP contribution in [0.1, 0.15) is 56.8 Å². The van der Waals surface area contributed by atoms with Gasteiger partial charge in [-0.25, -0.2) is 9.97 Å². The van der Waals surface area contributed by atoms with Gasteiger partial charge in [-0.15, -0.1) is 0 Å². The molecule has 1 aromatic rings. The zero-order chi connectivity index (χ0) is 14.8. The fourth-order valence-corrected chi connectivity index (χ4v) is 1.69. The first-order valence-corrected chi connectivity index (χ1v) is 7.47. The van der Waals surface area contributed by atoms with Crippen molar-refractivity contribution >= 4 is 11.9 Å². The van der Waals surface area contributed by atoms with Crippen molar-refractivity contribution in [3.63, 3.8) is 0 Å². The Morgan fingerprint density at radius 2 is 1.90 bits per heavy atom. The van der Waals surface area contributed by atoms with Crippen molar-refractivity contribution in [1.29, 1.82) is 0 Å². The lowest BCUT2D eigenvalue weighted by molar-refractivity contribution is 0.0952. The highest BCUT2D eigenvalue weighted by atomic mass is 16.1. The lowest BCUT2D eigenvalue weighted by atomic mass is 10.1. The summed E-state index contributed by atoms with van der Waals surface area (Å²) in [6.45, 7) is 8.05. The van der Waals surface area contributed by atoms with Crippen molar-refractivity contribution in [2.75, 3.05) is 18.4 Å². The maximum absolute atomic E-state index is 11.8. The number of rotatable bonds is 9. The van der Waals surface area contributed by atoms with E-state index in [2.05, 4.69) is 41.4 Å². The maximum Gasteiger partial charge on any atom is 0.254 e. The molecule has 0 aliphatic carbocycles. The summed E-state index contributed by atoms with van der Waals surface area (Å²) in [5, 5.41) is 6.02. The highest BCUT2D eigenvalue weighted by molar-refractivity contribution is 5.93. The fraction of sp³-hybridized carbons (Fsp3) is 0.667. The third-order valence-corrected chi connectivity index (χ3v) is 2.98. The molecule has 0 fully saturated rings. The Balaban J connectivity index is 2.35. The number of hydrogen-bond donors (Lipinski definition) is 2. The Kier molecular flexibility index (Phi) is 7.62. The summed E-state index contributed by atoms with van der Waals surface area (Å²) in [5.74, 6) is 1.12. The lowest BCUT2D eigenvalue weighted by Gasteiger charge is -2.07. The largest absolute Gasteiger partial charge is 0.354 e. The van der Waals surface area contributed by atoms with Crippen LogP contribution in [0, 0.1) is 5.92 Å². The van der Waals surface area contributed by atoms with Gasteiger partial charge in [-0.1, -0.05) is 33.6 Å². The summed E-state index contributed by atoms with van der Waals surface area (Å²) >= 11 is 0. The molecule has 2 N–H and O–H groups in total. The highest BCUT2D eigenvalue weighted by Gasteiger charge is 2.06. The van der Waals surface area contributed by atoms with Crippen LogP contribution in [0.25, 0.3) is 0 Å². The van der Waals surface area contributed by atoms with Gasteiger partial charge in [0.25, 0.3) is 5.91 Å². The SMILES string of the molecule is CCCCCNC(=O)c1cnc(NCCC(C)C)nc1. The van der Waals surface area contributed by atoms with E-state index in [1.807, 2.05) is 0 Å². The van der Waals surface area contributed by atoms with Gasteiger partial charge in [0.15, 0.2) is 0 Å². The topological polar surface area (TPSA) is 66.9 Å². The molecule has 1 heterocycles. The number of carbonyl (C=O) groups is 1. The van der Waals surface area contributed by atoms with Crippen molar-refractivity contribution in [3.05, 3.63) is 18.0 Å². The fourth-order valence-electron chi connectivity index (χ4n) is 1.69. The van der Waals surface area contributed by atoms with E-state index in [0.29, 0.717) is 24.0 Å². The van der Waals surface area contributed by atoms with Crippen molar-refractivity contribution in [2.24, 2.45) is 5.92 Å². The van der Waals surface area contributed by atoms with Gasteiger partial charge >= 0.3 is 0 Å². The summed E-state index contributed by atoms with van der Waals surface area (Å²) in [6.07, 6.45) is 7.51. The summed E-state index contributed by atoms with van der Waals surface area (Å²) in [6, 6.07) is 0. The smallest absolute Gasteiger partial charge is 0.254 e. The number of unbranched alkanes of at least 4 members (excludes halogenated alkanes) is 2. The molecule has 0 aliphatic heterocycles. The average molecular weight is 278 g/mol. The van der Waals surface area contributed by atoms with E-state index in [-0.39, 0.29) is 5.91 Å². The molecular weight excluding hydrogens is 252 g/mol. The molecule has 1 aromatic heterocycles. The summed E-state index contributed by atoms with van der Waals surface area (Å²) in [4.78, 5) is 20.1. The van der Waals surface area contributed by atoms with E-state index in [0.717, 1.165) is 32.2 Å². The first-order chi connectivity index (χ1) is 9.63. The molecule has 20 heavy (non-hydrogen) atoms. The summed E-state index contributed by atoms with van der Waals surface area (Å²) in [7, 11) is 0. The molecule has 1 rings (SSSR count). The Bertz CT molecular complexity index is 389. The van der Waals surface area contributed by atoms with Crippen LogP contribution in [0.15, 0.2) is 12.4 Å². The second-order valence-corrected chi connectivity index (χ2v) is 5.37. The number of anilines is 1. The van der Waals surface area contributed by atoms with Gasteiger partial charge in [-0.3, -0.25) is 4.79 Å². The maximum atomic E-state index is 11.8. The molecule has 5 nitrogen and oxygen atoms in total. The van der Waals surface area contributed by atoms with E-state index in [1.165, 1.54) is 0 Å². The van der Waals surface area contributed by atoms with Gasteiger partial charge in [0.2, 0.25) is 5.95 Å². The average Bonchev–Trinajstić information content (AvgIpc) is 2.44. The molecule has 112 valence electrons. The summed E-state index contributed by atoms with van der Waals surface area (Å²) < 4.78 is 0. The van der Waals surface area contributed by atoms with Crippen molar-refractivity contribution < 1.29 is 4.79 Å². The van der Waals surface area contributed by atoms with E-state index < -0.39 is 0 Å². The molecule has 0 aromatic carbocycles. The quantitative estimate of drug-likeness (QED) is 0.682. The van der Waals surface area contributed by atoms with Gasteiger partial charge in [0, 0.05) is 25.5 Å². The second kappa shape index (κ2) is 9.28. The van der Waals surface area contributed by atoms with E-state index in [4.69, 9.17) is 0 Å². The van der Waals surface area contributed by atoms with Crippen LogP contribution in [-0.2, 0) is 0 Å². The van der Waals surface area contributed by atoms with Gasteiger partial charge in [0.1, 0.15) is 0 Å². The van der Waals surface area contributed by atoms with Gasteiger partial charge in [0.05, 0.1) is 5.56 Å². The normalized spacial score (nSPS) is 10.6. The monoisotopic (exact) mass is 278 g/mol. The van der Waals surface area contributed by atoms with Crippen LogP contribution >= 0.6 is 0 Å². The molecular formula is C15H26N4O. The Morgan fingerprint density at radius 3 is 2.50 bits per heavy atom. The van der Waals surface area contributed by atoms with E-state index >= 15 is 0 Å². The highest BCUT2D eigenvalue weighted by Crippen LogP contribution is 2.03. The second-order valence-electron chi connectivity index (χ2n) is 5.37. The Morgan fingerprint density at radius 1 is 1.20 bits per heavy atom. The third-order valence-electron chi connectivity index (χ3n) is 2.98. The molecule has 0 spiro atoms. The van der Waals surface area contributed by atoms with Crippen LogP contribution in [-0.4, -0.2) is 29.0 Å². The molecule has 0 saturated heterocycles. The number of carbonyl (C=O) groups excluding carboxylic acids is 1. The first kappa shape index (κ1) is 16.4. The minimum Gasteiger partial charge on any atom is -0.354 e. The lowest BCUT2D eigenvalue weighted by Crippen LogP contribution is -2.24. The minimum absolute atomic E-state index is 0.102. The van der Waals surface area contributed by atoms with Crippen LogP contribution in [0.3, 0.4) is 0 Å². The number of aromatic nitrogens is 2. The van der Waals surface area contributed by atoms with Crippen molar-refractivity contribution in [1.82, 2.24) is 15.3 Å². The van der Waals surface area contributed by atoms with Crippen LogP contribution in [0.4, 0.5) is 5.95 Å². The molecule has 0 radical (unpaired) electrons. The van der Waals surface area contributed by atoms with Gasteiger partial charge in [-0.2, -0.15) is 0 Å². The van der Waals surface area contributed by atoms with Crippen LogP contribution < -0.4 is 10.6 Å². The predicted octanol–water partition coefficient (Wildman–Crippen LogP) is 2.85. The van der Waals surface area contributed by atoms with Gasteiger partial charge in [-0.05, 0) is 18.8 Å². The molecule has 0 aliphatic rings. The number of nitrogens with zero attached hydrogens (tertiary/aromatic N) is 2. The summed E-state index contributed by atoms with van der Waals surface area (Å²) in [5.41, 5.74) is 0.510. The molecule has 0 bridgehead atoms. The van der Waals surface area contributed by atoms with Gasteiger partial charge < -0.3 is 10.6 Å². The van der Waals surface area contributed by atoms with E-state index in [1.54, 1.807) is 12.4 Å².